The first kappa shape index (κ1) is 16.6. The van der Waals surface area contributed by atoms with Gasteiger partial charge in [-0.1, -0.05) is 23.9 Å². The van der Waals surface area contributed by atoms with Gasteiger partial charge in [0.05, 0.1) is 16.6 Å². The van der Waals surface area contributed by atoms with Crippen LogP contribution in [0, 0.1) is 0 Å². The highest BCUT2D eigenvalue weighted by Crippen LogP contribution is 2.30. The minimum atomic E-state index is -1.38. The zero-order valence-electron chi connectivity index (χ0n) is 11.9. The first-order valence-electron chi connectivity index (χ1n) is 6.73. The number of thiazole rings is 1. The highest BCUT2D eigenvalue weighted by molar-refractivity contribution is 8.01. The van der Waals surface area contributed by atoms with Crippen LogP contribution in [0.15, 0.2) is 28.6 Å². The van der Waals surface area contributed by atoms with Crippen LogP contribution in [-0.4, -0.2) is 40.6 Å². The van der Waals surface area contributed by atoms with E-state index in [0.717, 1.165) is 14.6 Å². The van der Waals surface area contributed by atoms with Crippen LogP contribution in [0.2, 0.25) is 0 Å². The van der Waals surface area contributed by atoms with E-state index < -0.39 is 12.3 Å². The molecule has 0 bridgehead atoms. The third-order valence-corrected chi connectivity index (χ3v) is 5.03. The molecule has 0 saturated heterocycles. The number of hydrogen-bond acceptors (Lipinski definition) is 6. The van der Waals surface area contributed by atoms with Gasteiger partial charge in [-0.2, -0.15) is 0 Å². The summed E-state index contributed by atoms with van der Waals surface area (Å²) in [5.41, 5.74) is 0.912. The van der Waals surface area contributed by atoms with E-state index in [4.69, 9.17) is 9.84 Å². The number of benzene rings is 1. The van der Waals surface area contributed by atoms with Crippen LogP contribution in [0.25, 0.3) is 10.2 Å². The number of nitrogens with zero attached hydrogens (tertiary/aromatic N) is 1. The second kappa shape index (κ2) is 8.00. The molecule has 22 heavy (non-hydrogen) atoms. The van der Waals surface area contributed by atoms with Gasteiger partial charge >= 0.3 is 6.16 Å². The van der Waals surface area contributed by atoms with Gasteiger partial charge in [-0.3, -0.25) is 4.79 Å². The standard InChI is InChI=1S/C14H16N2O4S2/c1-2-15-12(17)7-9(20-14(18)19)8-21-13-16-10-5-3-4-6-11(10)22-13/h3-6,9H,2,7-8H2,1H3,(H,15,17)(H,18,19). The molecule has 8 heteroatoms. The molecule has 1 atom stereocenters. The van der Waals surface area contributed by atoms with Crippen molar-refractivity contribution in [1.29, 1.82) is 0 Å². The quantitative estimate of drug-likeness (QED) is 0.595. The van der Waals surface area contributed by atoms with Gasteiger partial charge in [0.25, 0.3) is 0 Å². The summed E-state index contributed by atoms with van der Waals surface area (Å²) in [6.45, 7) is 2.31. The summed E-state index contributed by atoms with van der Waals surface area (Å²) in [6.07, 6.45) is -2.06. The van der Waals surface area contributed by atoms with Crippen LogP contribution in [0.4, 0.5) is 4.79 Å². The zero-order chi connectivity index (χ0) is 15.9. The summed E-state index contributed by atoms with van der Waals surface area (Å²) >= 11 is 2.93. The first-order chi connectivity index (χ1) is 10.6. The van der Waals surface area contributed by atoms with E-state index in [1.165, 1.54) is 23.1 Å². The van der Waals surface area contributed by atoms with E-state index in [1.807, 2.05) is 24.3 Å². The predicted octanol–water partition coefficient (Wildman–Crippen LogP) is 2.98. The van der Waals surface area contributed by atoms with E-state index in [0.29, 0.717) is 12.3 Å². The molecule has 0 aliphatic heterocycles. The Morgan fingerprint density at radius 2 is 2.23 bits per heavy atom. The van der Waals surface area contributed by atoms with Crippen LogP contribution < -0.4 is 5.32 Å². The number of ether oxygens (including phenoxy) is 1. The van der Waals surface area contributed by atoms with Crippen molar-refractivity contribution < 1.29 is 19.4 Å². The van der Waals surface area contributed by atoms with Crippen molar-refractivity contribution in [3.63, 3.8) is 0 Å². The summed E-state index contributed by atoms with van der Waals surface area (Å²) in [6, 6.07) is 7.77. The van der Waals surface area contributed by atoms with Crippen molar-refractivity contribution in [1.82, 2.24) is 10.3 Å². The molecule has 6 nitrogen and oxygen atoms in total. The molecule has 0 saturated carbocycles. The second-order valence-corrected chi connectivity index (χ2v) is 6.72. The Balaban J connectivity index is 1.97. The molecule has 0 aliphatic carbocycles. The van der Waals surface area contributed by atoms with E-state index >= 15 is 0 Å². The van der Waals surface area contributed by atoms with Crippen molar-refractivity contribution >= 4 is 45.4 Å². The lowest BCUT2D eigenvalue weighted by atomic mass is 10.2. The minimum absolute atomic E-state index is 0.0119. The van der Waals surface area contributed by atoms with E-state index in [9.17, 15) is 9.59 Å². The van der Waals surface area contributed by atoms with Gasteiger partial charge in [-0.25, -0.2) is 9.78 Å². The molecular formula is C14H16N2O4S2. The lowest BCUT2D eigenvalue weighted by Crippen LogP contribution is -2.30. The number of para-hydroxylation sites is 1. The number of aromatic nitrogens is 1. The Kier molecular flexibility index (Phi) is 6.02. The second-order valence-electron chi connectivity index (χ2n) is 4.42. The summed E-state index contributed by atoms with van der Waals surface area (Å²) in [4.78, 5) is 26.8. The molecule has 1 amide bonds. The van der Waals surface area contributed by atoms with E-state index in [1.54, 1.807) is 6.92 Å². The fourth-order valence-electron chi connectivity index (χ4n) is 1.83. The molecule has 118 valence electrons. The highest BCUT2D eigenvalue weighted by Gasteiger charge is 2.19. The van der Waals surface area contributed by atoms with E-state index in [2.05, 4.69) is 10.3 Å². The molecule has 2 aromatic rings. The average molecular weight is 340 g/mol. The van der Waals surface area contributed by atoms with Crippen LogP contribution in [0.1, 0.15) is 13.3 Å². The van der Waals surface area contributed by atoms with Crippen LogP contribution in [-0.2, 0) is 9.53 Å². The molecule has 2 rings (SSSR count). The Morgan fingerprint density at radius 3 is 2.91 bits per heavy atom. The average Bonchev–Trinajstić information content (AvgIpc) is 2.87. The molecule has 1 aromatic carbocycles. The van der Waals surface area contributed by atoms with Crippen molar-refractivity contribution in [3.05, 3.63) is 24.3 Å². The van der Waals surface area contributed by atoms with Crippen molar-refractivity contribution in [3.8, 4) is 0 Å². The zero-order valence-corrected chi connectivity index (χ0v) is 13.6. The van der Waals surface area contributed by atoms with Crippen molar-refractivity contribution in [2.24, 2.45) is 0 Å². The Bertz CT molecular complexity index is 626. The smallest absolute Gasteiger partial charge is 0.450 e. The van der Waals surface area contributed by atoms with Crippen molar-refractivity contribution in [2.45, 2.75) is 23.8 Å². The number of nitrogens with one attached hydrogen (secondary N) is 1. The summed E-state index contributed by atoms with van der Waals surface area (Å²) < 4.78 is 6.68. The monoisotopic (exact) mass is 340 g/mol. The van der Waals surface area contributed by atoms with Gasteiger partial charge < -0.3 is 15.2 Å². The maximum Gasteiger partial charge on any atom is 0.506 e. The molecule has 0 aliphatic rings. The largest absolute Gasteiger partial charge is 0.506 e. The number of carbonyl (C=O) groups is 2. The summed E-state index contributed by atoms with van der Waals surface area (Å²) in [5, 5.41) is 11.4. The first-order valence-corrected chi connectivity index (χ1v) is 8.53. The van der Waals surface area contributed by atoms with Gasteiger partial charge in [0.2, 0.25) is 5.91 Å². The van der Waals surface area contributed by atoms with Gasteiger partial charge in [-0.05, 0) is 19.1 Å². The number of fused-ring (bicyclic) bond motifs is 1. The molecule has 0 radical (unpaired) electrons. The molecule has 0 spiro atoms. The number of thioether (sulfide) groups is 1. The molecule has 2 N–H and O–H groups in total. The van der Waals surface area contributed by atoms with Gasteiger partial charge in [-0.15, -0.1) is 11.3 Å². The number of carboxylic acid groups (broad SMARTS) is 1. The fourth-order valence-corrected chi connectivity index (χ4v) is 3.91. The SMILES string of the molecule is CCNC(=O)CC(CSc1nc2ccccc2s1)OC(=O)O. The van der Waals surface area contributed by atoms with Crippen LogP contribution >= 0.6 is 23.1 Å². The van der Waals surface area contributed by atoms with Gasteiger partial charge in [0.1, 0.15) is 6.10 Å². The lowest BCUT2D eigenvalue weighted by molar-refractivity contribution is -0.122. The maximum absolute atomic E-state index is 11.6. The number of hydrogen-bond donors (Lipinski definition) is 2. The van der Waals surface area contributed by atoms with Gasteiger partial charge in [0.15, 0.2) is 4.34 Å². The fraction of sp³-hybridized carbons (Fsp3) is 0.357. The molecule has 0 fully saturated rings. The number of rotatable bonds is 7. The highest BCUT2D eigenvalue weighted by atomic mass is 32.2. The Labute approximate surface area is 135 Å². The van der Waals surface area contributed by atoms with Crippen LogP contribution in [0.3, 0.4) is 0 Å². The third-order valence-electron chi connectivity index (χ3n) is 2.72. The number of carbonyl (C=O) groups excluding carboxylic acids is 1. The maximum atomic E-state index is 11.6. The molecular weight excluding hydrogens is 324 g/mol. The summed E-state index contributed by atoms with van der Waals surface area (Å²) in [7, 11) is 0. The van der Waals surface area contributed by atoms with Crippen LogP contribution in [0.5, 0.6) is 0 Å². The van der Waals surface area contributed by atoms with Gasteiger partial charge in [0, 0.05) is 12.3 Å². The van der Waals surface area contributed by atoms with Crippen molar-refractivity contribution in [2.75, 3.05) is 12.3 Å². The lowest BCUT2D eigenvalue weighted by Gasteiger charge is -2.14. The third kappa shape index (κ3) is 4.88. The molecule has 1 heterocycles. The Morgan fingerprint density at radius 1 is 1.45 bits per heavy atom. The minimum Gasteiger partial charge on any atom is -0.450 e. The predicted molar refractivity (Wildman–Crippen MR) is 86.5 cm³/mol. The normalized spacial score (nSPS) is 12.0. The topological polar surface area (TPSA) is 88.5 Å². The number of amides is 1. The molecule has 1 unspecified atom stereocenters. The Hall–Kier alpha value is -1.80. The van der Waals surface area contributed by atoms with E-state index in [-0.39, 0.29) is 12.3 Å². The summed E-state index contributed by atoms with van der Waals surface area (Å²) in [5.74, 6) is 0.127. The molecule has 1 aromatic heterocycles.